The minimum atomic E-state index is -1.40. The summed E-state index contributed by atoms with van der Waals surface area (Å²) in [5.41, 5.74) is 0. The van der Waals surface area contributed by atoms with Crippen molar-refractivity contribution >= 4 is 31.4 Å². The fourth-order valence-electron chi connectivity index (χ4n) is 1.80. The number of esters is 2. The molecular formula is C15H18O5Se. The molecule has 6 heteroatoms. The molecule has 0 amide bonds. The Morgan fingerprint density at radius 1 is 1.19 bits per heavy atom. The molecule has 0 spiro atoms. The second-order valence-corrected chi connectivity index (χ2v) is 6.87. The topological polar surface area (TPSA) is 61.8 Å². The number of methoxy groups -OCH3 is 3. The number of rotatable bonds is 7. The average molecular weight is 357 g/mol. The first-order chi connectivity index (χ1) is 10.1. The molecule has 0 unspecified atom stereocenters. The Balaban J connectivity index is 3.32. The van der Waals surface area contributed by atoms with E-state index < -0.39 is 31.2 Å². The fraction of sp³-hybridized carbons (Fsp3) is 0.333. The molecule has 0 bridgehead atoms. The van der Waals surface area contributed by atoms with Gasteiger partial charge in [-0.2, -0.15) is 0 Å². The van der Waals surface area contributed by atoms with E-state index in [1.165, 1.54) is 20.3 Å². The van der Waals surface area contributed by atoms with Crippen LogP contribution >= 0.6 is 0 Å². The van der Waals surface area contributed by atoms with E-state index in [9.17, 15) is 9.59 Å². The van der Waals surface area contributed by atoms with Crippen LogP contribution in [0.3, 0.4) is 0 Å². The molecule has 0 aromatic heterocycles. The number of para-hydroxylation sites is 1. The Morgan fingerprint density at radius 2 is 1.76 bits per heavy atom. The van der Waals surface area contributed by atoms with E-state index in [1.807, 2.05) is 18.2 Å². The van der Waals surface area contributed by atoms with Gasteiger partial charge in [-0.3, -0.25) is 0 Å². The van der Waals surface area contributed by atoms with Crippen LogP contribution in [-0.2, 0) is 19.1 Å². The zero-order valence-electron chi connectivity index (χ0n) is 12.3. The van der Waals surface area contributed by atoms with Crippen LogP contribution in [0.25, 0.3) is 0 Å². The molecule has 0 fully saturated rings. The van der Waals surface area contributed by atoms with Gasteiger partial charge in [0.25, 0.3) is 0 Å². The number of carbonyl (C=O) groups excluding carboxylic acids is 2. The molecule has 0 saturated heterocycles. The van der Waals surface area contributed by atoms with Crippen LogP contribution in [0.15, 0.2) is 36.9 Å². The van der Waals surface area contributed by atoms with Gasteiger partial charge in [0.15, 0.2) is 0 Å². The molecule has 0 aliphatic heterocycles. The maximum absolute atomic E-state index is 12.2. The molecule has 114 valence electrons. The van der Waals surface area contributed by atoms with Crippen LogP contribution in [-0.4, -0.2) is 48.2 Å². The zero-order chi connectivity index (χ0) is 15.9. The SMILES string of the molecule is C=CCC([Se]c1ccccc1OC)(C(=O)OC)C(=O)OC. The van der Waals surface area contributed by atoms with Crippen LogP contribution in [0.1, 0.15) is 6.42 Å². The minimum absolute atomic E-state index is 0.143. The molecule has 0 radical (unpaired) electrons. The Hall–Kier alpha value is -1.78. The summed E-state index contributed by atoms with van der Waals surface area (Å²) in [5.74, 6) is -0.626. The Kier molecular flexibility index (Phi) is 6.46. The van der Waals surface area contributed by atoms with Gasteiger partial charge in [-0.15, -0.1) is 0 Å². The molecule has 1 aromatic carbocycles. The van der Waals surface area contributed by atoms with E-state index in [2.05, 4.69) is 6.58 Å². The van der Waals surface area contributed by atoms with Gasteiger partial charge in [0, 0.05) is 0 Å². The van der Waals surface area contributed by atoms with Gasteiger partial charge in [-0.1, -0.05) is 0 Å². The molecular weight excluding hydrogens is 339 g/mol. The van der Waals surface area contributed by atoms with Crippen molar-refractivity contribution in [2.45, 2.75) is 10.7 Å². The Labute approximate surface area is 130 Å². The normalized spacial score (nSPS) is 10.6. The van der Waals surface area contributed by atoms with Crippen LogP contribution in [0.4, 0.5) is 0 Å². The van der Waals surface area contributed by atoms with Gasteiger partial charge in [0.1, 0.15) is 0 Å². The summed E-state index contributed by atoms with van der Waals surface area (Å²) in [5, 5.41) is 0. The number of carbonyl (C=O) groups is 2. The number of ether oxygens (including phenoxy) is 3. The maximum atomic E-state index is 12.2. The number of allylic oxidation sites excluding steroid dienone is 1. The summed E-state index contributed by atoms with van der Waals surface area (Å²) < 4.78 is 14.3. The van der Waals surface area contributed by atoms with Crippen molar-refractivity contribution in [1.29, 1.82) is 0 Å². The summed E-state index contributed by atoms with van der Waals surface area (Å²) in [7, 11) is 4.04. The predicted octanol–water partition coefficient (Wildman–Crippen LogP) is 1.11. The standard InChI is InChI=1S/C15H18O5Se/c1-5-10-15(13(16)19-3,14(17)20-4)21-12-9-7-6-8-11(12)18-2/h5-9H,1,10H2,2-4H3. The predicted molar refractivity (Wildman–Crippen MR) is 79.9 cm³/mol. The van der Waals surface area contributed by atoms with Gasteiger partial charge in [0.2, 0.25) is 0 Å². The van der Waals surface area contributed by atoms with Crippen molar-refractivity contribution in [1.82, 2.24) is 0 Å². The second kappa shape index (κ2) is 7.86. The van der Waals surface area contributed by atoms with E-state index in [-0.39, 0.29) is 6.42 Å². The van der Waals surface area contributed by atoms with Crippen LogP contribution in [0.5, 0.6) is 5.75 Å². The van der Waals surface area contributed by atoms with Gasteiger partial charge in [-0.25, -0.2) is 0 Å². The summed E-state index contributed by atoms with van der Waals surface area (Å²) in [6.07, 6.45) is 1.66. The van der Waals surface area contributed by atoms with Crippen molar-refractivity contribution < 1.29 is 23.8 Å². The fourth-order valence-corrected chi connectivity index (χ4v) is 4.54. The van der Waals surface area contributed by atoms with Crippen LogP contribution in [0.2, 0.25) is 4.31 Å². The molecule has 0 saturated carbocycles. The molecule has 0 atom stereocenters. The van der Waals surface area contributed by atoms with Crippen molar-refractivity contribution in [3.63, 3.8) is 0 Å². The monoisotopic (exact) mass is 358 g/mol. The molecule has 5 nitrogen and oxygen atoms in total. The number of hydrogen-bond donors (Lipinski definition) is 0. The van der Waals surface area contributed by atoms with Crippen molar-refractivity contribution in [3.8, 4) is 5.75 Å². The van der Waals surface area contributed by atoms with Gasteiger partial charge in [0.05, 0.1) is 0 Å². The first-order valence-electron chi connectivity index (χ1n) is 6.15. The summed E-state index contributed by atoms with van der Waals surface area (Å²) in [4.78, 5) is 24.5. The Morgan fingerprint density at radius 3 is 2.24 bits per heavy atom. The van der Waals surface area contributed by atoms with E-state index in [1.54, 1.807) is 13.2 Å². The van der Waals surface area contributed by atoms with Crippen molar-refractivity contribution in [3.05, 3.63) is 36.9 Å². The molecule has 0 aliphatic rings. The third-order valence-corrected chi connectivity index (χ3v) is 5.76. The van der Waals surface area contributed by atoms with E-state index in [0.717, 1.165) is 4.46 Å². The summed E-state index contributed by atoms with van der Waals surface area (Å²) in [6.45, 7) is 3.63. The molecule has 1 rings (SSSR count). The second-order valence-electron chi connectivity index (χ2n) is 4.06. The number of hydrogen-bond acceptors (Lipinski definition) is 5. The Bertz CT molecular complexity index is 511. The van der Waals surface area contributed by atoms with Crippen LogP contribution < -0.4 is 9.20 Å². The first-order valence-corrected chi connectivity index (χ1v) is 7.86. The number of benzene rings is 1. The van der Waals surface area contributed by atoms with E-state index in [0.29, 0.717) is 5.75 Å². The van der Waals surface area contributed by atoms with Crippen LogP contribution in [0, 0.1) is 0 Å². The third kappa shape index (κ3) is 3.65. The molecule has 0 N–H and O–H groups in total. The molecule has 0 aliphatic carbocycles. The zero-order valence-corrected chi connectivity index (χ0v) is 14.0. The van der Waals surface area contributed by atoms with Gasteiger partial charge >= 0.3 is 130 Å². The quantitative estimate of drug-likeness (QED) is 0.317. The summed E-state index contributed by atoms with van der Waals surface area (Å²) in [6, 6.07) is 7.25. The first kappa shape index (κ1) is 17.3. The average Bonchev–Trinajstić information content (AvgIpc) is 2.53. The molecule has 21 heavy (non-hydrogen) atoms. The van der Waals surface area contributed by atoms with Crippen molar-refractivity contribution in [2.75, 3.05) is 21.3 Å². The van der Waals surface area contributed by atoms with Crippen molar-refractivity contribution in [2.24, 2.45) is 0 Å². The van der Waals surface area contributed by atoms with Gasteiger partial charge < -0.3 is 0 Å². The van der Waals surface area contributed by atoms with E-state index >= 15 is 0 Å². The summed E-state index contributed by atoms with van der Waals surface area (Å²) >= 11 is -0.575. The van der Waals surface area contributed by atoms with Gasteiger partial charge in [-0.05, 0) is 0 Å². The third-order valence-electron chi connectivity index (χ3n) is 2.82. The van der Waals surface area contributed by atoms with E-state index in [4.69, 9.17) is 14.2 Å². The molecule has 1 aromatic rings. The molecule has 0 heterocycles.